The SMILES string of the molecule is CCC(C)C(CO)N=Cc1cc(OC)ccc1O. The van der Waals surface area contributed by atoms with Crippen LogP contribution in [0, 0.1) is 5.92 Å². The van der Waals surface area contributed by atoms with Gasteiger partial charge in [-0.15, -0.1) is 0 Å². The van der Waals surface area contributed by atoms with Crippen molar-refractivity contribution in [2.24, 2.45) is 10.9 Å². The minimum atomic E-state index is -0.138. The molecule has 0 saturated heterocycles. The third-order valence-electron chi connectivity index (χ3n) is 3.13. The van der Waals surface area contributed by atoms with Crippen molar-refractivity contribution >= 4 is 6.21 Å². The van der Waals surface area contributed by atoms with E-state index in [0.29, 0.717) is 17.2 Å². The van der Waals surface area contributed by atoms with E-state index in [9.17, 15) is 10.2 Å². The molecule has 0 saturated carbocycles. The maximum Gasteiger partial charge on any atom is 0.124 e. The number of aliphatic imine (C=N–C) groups is 1. The quantitative estimate of drug-likeness (QED) is 0.762. The lowest BCUT2D eigenvalue weighted by Crippen LogP contribution is -2.19. The van der Waals surface area contributed by atoms with Crippen molar-refractivity contribution in [1.29, 1.82) is 0 Å². The molecule has 0 aromatic heterocycles. The number of phenols is 1. The van der Waals surface area contributed by atoms with Gasteiger partial charge in [-0.05, 0) is 24.1 Å². The zero-order valence-corrected chi connectivity index (χ0v) is 11.1. The highest BCUT2D eigenvalue weighted by Gasteiger charge is 2.12. The number of rotatable bonds is 6. The third-order valence-corrected chi connectivity index (χ3v) is 3.13. The topological polar surface area (TPSA) is 62.1 Å². The number of benzene rings is 1. The zero-order valence-electron chi connectivity index (χ0n) is 11.1. The van der Waals surface area contributed by atoms with Crippen molar-refractivity contribution in [3.63, 3.8) is 0 Å². The van der Waals surface area contributed by atoms with Gasteiger partial charge in [0.2, 0.25) is 0 Å². The van der Waals surface area contributed by atoms with E-state index in [1.54, 1.807) is 31.5 Å². The van der Waals surface area contributed by atoms with Gasteiger partial charge in [0, 0.05) is 11.8 Å². The molecule has 4 heteroatoms. The van der Waals surface area contributed by atoms with Gasteiger partial charge in [0.15, 0.2) is 0 Å². The Morgan fingerprint density at radius 2 is 2.17 bits per heavy atom. The summed E-state index contributed by atoms with van der Waals surface area (Å²) in [6, 6.07) is 4.83. The minimum absolute atomic E-state index is 0.0102. The molecule has 0 aliphatic carbocycles. The molecular weight excluding hydrogens is 230 g/mol. The number of hydrogen-bond acceptors (Lipinski definition) is 4. The fourth-order valence-corrected chi connectivity index (χ4v) is 1.59. The molecule has 0 amide bonds. The van der Waals surface area contributed by atoms with Crippen LogP contribution in [0.1, 0.15) is 25.8 Å². The van der Waals surface area contributed by atoms with Crippen molar-refractivity contribution in [2.45, 2.75) is 26.3 Å². The highest BCUT2D eigenvalue weighted by atomic mass is 16.5. The lowest BCUT2D eigenvalue weighted by molar-refractivity contribution is 0.232. The average Bonchev–Trinajstić information content (AvgIpc) is 2.40. The van der Waals surface area contributed by atoms with E-state index in [0.717, 1.165) is 6.42 Å². The molecule has 0 spiro atoms. The van der Waals surface area contributed by atoms with Crippen molar-refractivity contribution in [1.82, 2.24) is 0 Å². The van der Waals surface area contributed by atoms with E-state index in [4.69, 9.17) is 4.74 Å². The summed E-state index contributed by atoms with van der Waals surface area (Å²) in [5.74, 6) is 1.12. The van der Waals surface area contributed by atoms with Crippen molar-refractivity contribution in [2.75, 3.05) is 13.7 Å². The molecule has 2 atom stereocenters. The number of ether oxygens (including phenoxy) is 1. The highest BCUT2D eigenvalue weighted by Crippen LogP contribution is 2.21. The summed E-state index contributed by atoms with van der Waals surface area (Å²) in [6.07, 6.45) is 2.54. The van der Waals surface area contributed by atoms with Crippen LogP contribution in [-0.2, 0) is 0 Å². The molecule has 0 fully saturated rings. The maximum atomic E-state index is 9.70. The summed E-state index contributed by atoms with van der Waals surface area (Å²) >= 11 is 0. The van der Waals surface area contributed by atoms with E-state index in [2.05, 4.69) is 11.9 Å². The molecule has 1 aromatic rings. The lowest BCUT2D eigenvalue weighted by atomic mass is 10.0. The molecule has 2 unspecified atom stereocenters. The van der Waals surface area contributed by atoms with Gasteiger partial charge in [0.1, 0.15) is 11.5 Å². The molecule has 2 N–H and O–H groups in total. The van der Waals surface area contributed by atoms with Gasteiger partial charge in [0.05, 0.1) is 19.8 Å². The van der Waals surface area contributed by atoms with Crippen LogP contribution in [0.3, 0.4) is 0 Å². The average molecular weight is 251 g/mol. The molecule has 18 heavy (non-hydrogen) atoms. The van der Waals surface area contributed by atoms with E-state index < -0.39 is 0 Å². The van der Waals surface area contributed by atoms with Crippen LogP contribution in [0.25, 0.3) is 0 Å². The fourth-order valence-electron chi connectivity index (χ4n) is 1.59. The number of aliphatic hydroxyl groups is 1. The van der Waals surface area contributed by atoms with Crippen LogP contribution in [-0.4, -0.2) is 36.2 Å². The summed E-state index contributed by atoms with van der Waals surface area (Å²) in [6.45, 7) is 4.12. The Bertz CT molecular complexity index is 404. The maximum absolute atomic E-state index is 9.70. The largest absolute Gasteiger partial charge is 0.507 e. The normalized spacial score (nSPS) is 14.7. The zero-order chi connectivity index (χ0) is 13.5. The molecule has 0 aliphatic heterocycles. The van der Waals surface area contributed by atoms with Crippen LogP contribution in [0.4, 0.5) is 0 Å². The number of phenolic OH excluding ortho intramolecular Hbond substituents is 1. The van der Waals surface area contributed by atoms with Crippen molar-refractivity contribution in [3.8, 4) is 11.5 Å². The summed E-state index contributed by atoms with van der Waals surface area (Å²) in [5, 5.41) is 19.0. The Kier molecular flexibility index (Phi) is 5.65. The summed E-state index contributed by atoms with van der Waals surface area (Å²) in [5.41, 5.74) is 0.594. The molecule has 0 aliphatic rings. The molecule has 1 rings (SSSR count). The Balaban J connectivity index is 2.88. The first-order valence-corrected chi connectivity index (χ1v) is 6.13. The molecule has 100 valence electrons. The molecule has 0 heterocycles. The highest BCUT2D eigenvalue weighted by molar-refractivity contribution is 5.84. The monoisotopic (exact) mass is 251 g/mol. The molecule has 4 nitrogen and oxygen atoms in total. The van der Waals surface area contributed by atoms with Crippen LogP contribution >= 0.6 is 0 Å². The van der Waals surface area contributed by atoms with Gasteiger partial charge in [-0.1, -0.05) is 20.3 Å². The minimum Gasteiger partial charge on any atom is -0.507 e. The van der Waals surface area contributed by atoms with Gasteiger partial charge in [-0.3, -0.25) is 4.99 Å². The molecule has 1 aromatic carbocycles. The second kappa shape index (κ2) is 7.01. The van der Waals surface area contributed by atoms with E-state index >= 15 is 0 Å². The van der Waals surface area contributed by atoms with E-state index in [1.165, 1.54) is 0 Å². The van der Waals surface area contributed by atoms with Gasteiger partial charge in [-0.2, -0.15) is 0 Å². The predicted molar refractivity (Wildman–Crippen MR) is 72.6 cm³/mol. The standard InChI is InChI=1S/C14H21NO3/c1-4-10(2)13(9-16)15-8-11-7-12(18-3)5-6-14(11)17/h5-8,10,13,16-17H,4,9H2,1-3H3. The molecule has 0 radical (unpaired) electrons. The number of nitrogens with zero attached hydrogens (tertiary/aromatic N) is 1. The van der Waals surface area contributed by atoms with E-state index in [1.807, 2.05) is 6.92 Å². The van der Waals surface area contributed by atoms with Gasteiger partial charge in [-0.25, -0.2) is 0 Å². The van der Waals surface area contributed by atoms with Crippen LogP contribution in [0.15, 0.2) is 23.2 Å². The summed E-state index contributed by atoms with van der Waals surface area (Å²) in [4.78, 5) is 4.33. The Morgan fingerprint density at radius 3 is 2.72 bits per heavy atom. The predicted octanol–water partition coefficient (Wildman–Crippen LogP) is 2.23. The van der Waals surface area contributed by atoms with Gasteiger partial charge >= 0.3 is 0 Å². The number of methoxy groups -OCH3 is 1. The fraction of sp³-hybridized carbons (Fsp3) is 0.500. The van der Waals surface area contributed by atoms with Crippen LogP contribution < -0.4 is 4.74 Å². The second-order valence-corrected chi connectivity index (χ2v) is 4.34. The first kappa shape index (κ1) is 14.5. The van der Waals surface area contributed by atoms with Crippen LogP contribution in [0.2, 0.25) is 0 Å². The Hall–Kier alpha value is -1.55. The third kappa shape index (κ3) is 3.74. The number of aliphatic hydroxyl groups excluding tert-OH is 1. The lowest BCUT2D eigenvalue weighted by Gasteiger charge is -2.15. The van der Waals surface area contributed by atoms with Gasteiger partial charge in [0.25, 0.3) is 0 Å². The first-order chi connectivity index (χ1) is 8.62. The summed E-state index contributed by atoms with van der Waals surface area (Å²) < 4.78 is 5.09. The Morgan fingerprint density at radius 1 is 1.44 bits per heavy atom. The molecular formula is C14H21NO3. The number of hydrogen-bond donors (Lipinski definition) is 2. The van der Waals surface area contributed by atoms with Crippen molar-refractivity contribution in [3.05, 3.63) is 23.8 Å². The molecule has 0 bridgehead atoms. The summed E-state index contributed by atoms with van der Waals surface area (Å²) in [7, 11) is 1.57. The smallest absolute Gasteiger partial charge is 0.124 e. The van der Waals surface area contributed by atoms with E-state index in [-0.39, 0.29) is 18.4 Å². The number of aromatic hydroxyl groups is 1. The van der Waals surface area contributed by atoms with Crippen molar-refractivity contribution < 1.29 is 14.9 Å². The first-order valence-electron chi connectivity index (χ1n) is 6.13. The van der Waals surface area contributed by atoms with Crippen LogP contribution in [0.5, 0.6) is 11.5 Å². The second-order valence-electron chi connectivity index (χ2n) is 4.34. The van der Waals surface area contributed by atoms with Gasteiger partial charge < -0.3 is 14.9 Å². The Labute approximate surface area is 108 Å².